The standard InChI is InChI=1S/C31H27ClN2O5/c1-17(23-5-3-4-6-26(23)32)38-30(37)33-27-18(2)39-34-28(27)21-9-11-24-19(15-21)7-8-20-16-22(10-12-25(20)24)31(13-14-31)29(35)36/h3-6,9-12,15-17H,7-8,13-14H2,1-2H3,(H,33,37)(H,35,36). The predicted molar refractivity (Wildman–Crippen MR) is 148 cm³/mol. The molecule has 2 aliphatic carbocycles. The molecule has 4 aromatic rings. The van der Waals surface area contributed by atoms with E-state index in [-0.39, 0.29) is 0 Å². The number of carboxylic acid groups (broad SMARTS) is 1. The maximum absolute atomic E-state index is 12.8. The van der Waals surface area contributed by atoms with Gasteiger partial charge in [-0.05, 0) is 79.5 Å². The summed E-state index contributed by atoms with van der Waals surface area (Å²) in [5.74, 6) is -0.270. The number of benzene rings is 3. The predicted octanol–water partition coefficient (Wildman–Crippen LogP) is 7.49. The fraction of sp³-hybridized carbons (Fsp3) is 0.258. The Labute approximate surface area is 230 Å². The maximum atomic E-state index is 12.8. The molecule has 7 nitrogen and oxygen atoms in total. The molecule has 0 saturated heterocycles. The van der Waals surface area contributed by atoms with Crippen LogP contribution in [0, 0.1) is 6.92 Å². The van der Waals surface area contributed by atoms with Crippen molar-refractivity contribution < 1.29 is 24.0 Å². The van der Waals surface area contributed by atoms with E-state index in [0.29, 0.717) is 40.6 Å². The molecule has 1 saturated carbocycles. The summed E-state index contributed by atoms with van der Waals surface area (Å²) < 4.78 is 11.0. The van der Waals surface area contributed by atoms with Gasteiger partial charge in [-0.3, -0.25) is 10.1 Å². The lowest BCUT2D eigenvalue weighted by Crippen LogP contribution is -2.20. The van der Waals surface area contributed by atoms with Crippen molar-refractivity contribution in [1.82, 2.24) is 5.16 Å². The third-order valence-electron chi connectivity index (χ3n) is 7.87. The monoisotopic (exact) mass is 542 g/mol. The molecular weight excluding hydrogens is 516 g/mol. The number of hydrogen-bond acceptors (Lipinski definition) is 5. The molecule has 6 rings (SSSR count). The number of halogens is 1. The van der Waals surface area contributed by atoms with E-state index in [9.17, 15) is 14.7 Å². The number of fused-ring (bicyclic) bond motifs is 3. The van der Waals surface area contributed by atoms with Crippen molar-refractivity contribution in [2.75, 3.05) is 5.32 Å². The quantitative estimate of drug-likeness (QED) is 0.261. The number of hydrogen-bond donors (Lipinski definition) is 2. The normalized spacial score (nSPS) is 15.6. The van der Waals surface area contributed by atoms with Gasteiger partial charge in [0.25, 0.3) is 0 Å². The Hall–Kier alpha value is -4.10. The van der Waals surface area contributed by atoms with Crippen LogP contribution >= 0.6 is 11.6 Å². The number of rotatable bonds is 6. The summed E-state index contributed by atoms with van der Waals surface area (Å²) >= 11 is 6.25. The molecule has 1 heterocycles. The van der Waals surface area contributed by atoms with E-state index in [1.54, 1.807) is 19.9 Å². The van der Waals surface area contributed by atoms with E-state index in [1.165, 1.54) is 5.56 Å². The van der Waals surface area contributed by atoms with Crippen LogP contribution in [0.4, 0.5) is 10.5 Å². The fourth-order valence-electron chi connectivity index (χ4n) is 5.47. The molecule has 39 heavy (non-hydrogen) atoms. The Morgan fingerprint density at radius 2 is 1.74 bits per heavy atom. The number of carbonyl (C=O) groups excluding carboxylic acids is 1. The number of ether oxygens (including phenoxy) is 1. The van der Waals surface area contributed by atoms with E-state index < -0.39 is 23.6 Å². The summed E-state index contributed by atoms with van der Waals surface area (Å²) in [6, 6.07) is 19.4. The van der Waals surface area contributed by atoms with Crippen LogP contribution in [0.5, 0.6) is 0 Å². The van der Waals surface area contributed by atoms with Gasteiger partial charge >= 0.3 is 12.1 Å². The molecule has 0 radical (unpaired) electrons. The number of aryl methyl sites for hydroxylation is 3. The summed E-state index contributed by atoms with van der Waals surface area (Å²) in [4.78, 5) is 24.6. The van der Waals surface area contributed by atoms with Gasteiger partial charge in [0, 0.05) is 16.1 Å². The average molecular weight is 543 g/mol. The van der Waals surface area contributed by atoms with E-state index in [1.807, 2.05) is 30.3 Å². The number of nitrogens with one attached hydrogen (secondary N) is 1. The number of carboxylic acids is 1. The van der Waals surface area contributed by atoms with Crippen LogP contribution in [-0.2, 0) is 27.8 Å². The minimum absolute atomic E-state index is 0.454. The van der Waals surface area contributed by atoms with Crippen molar-refractivity contribution in [2.45, 2.75) is 51.0 Å². The van der Waals surface area contributed by atoms with Crippen molar-refractivity contribution in [3.05, 3.63) is 93.7 Å². The van der Waals surface area contributed by atoms with Crippen LogP contribution in [0.3, 0.4) is 0 Å². The van der Waals surface area contributed by atoms with Gasteiger partial charge in [-0.15, -0.1) is 0 Å². The van der Waals surface area contributed by atoms with Gasteiger partial charge in [-0.2, -0.15) is 0 Å². The van der Waals surface area contributed by atoms with Crippen molar-refractivity contribution in [3.63, 3.8) is 0 Å². The van der Waals surface area contributed by atoms with Gasteiger partial charge in [0.1, 0.15) is 17.5 Å². The summed E-state index contributed by atoms with van der Waals surface area (Å²) in [6.45, 7) is 3.50. The second-order valence-electron chi connectivity index (χ2n) is 10.3. The number of aliphatic carboxylic acids is 1. The highest BCUT2D eigenvalue weighted by Crippen LogP contribution is 2.50. The molecule has 2 N–H and O–H groups in total. The zero-order valence-electron chi connectivity index (χ0n) is 21.6. The molecule has 2 aliphatic rings. The molecule has 3 aromatic carbocycles. The molecule has 8 heteroatoms. The second-order valence-corrected chi connectivity index (χ2v) is 10.7. The molecule has 1 amide bonds. The molecule has 0 bridgehead atoms. The topological polar surface area (TPSA) is 102 Å². The van der Waals surface area contributed by atoms with Gasteiger partial charge in [0.2, 0.25) is 0 Å². The smallest absolute Gasteiger partial charge is 0.412 e. The minimum Gasteiger partial charge on any atom is -0.481 e. The van der Waals surface area contributed by atoms with E-state index in [2.05, 4.69) is 34.7 Å². The largest absolute Gasteiger partial charge is 0.481 e. The Kier molecular flexibility index (Phi) is 6.19. The SMILES string of the molecule is Cc1onc(-c2ccc3c(c2)CCc2cc(C4(C(=O)O)CC4)ccc2-3)c1NC(=O)OC(C)c1ccccc1Cl. The summed E-state index contributed by atoms with van der Waals surface area (Å²) in [5.41, 5.74) is 7.29. The number of anilines is 1. The number of carbonyl (C=O) groups is 2. The van der Waals surface area contributed by atoms with E-state index >= 15 is 0 Å². The first-order valence-corrected chi connectivity index (χ1v) is 13.3. The van der Waals surface area contributed by atoms with Crippen molar-refractivity contribution >= 4 is 29.4 Å². The molecule has 1 unspecified atom stereocenters. The van der Waals surface area contributed by atoms with Crippen molar-refractivity contribution in [3.8, 4) is 22.4 Å². The van der Waals surface area contributed by atoms with Gasteiger partial charge in [0.15, 0.2) is 5.76 Å². The van der Waals surface area contributed by atoms with Crippen molar-refractivity contribution in [2.24, 2.45) is 0 Å². The maximum Gasteiger partial charge on any atom is 0.412 e. The third kappa shape index (κ3) is 4.46. The Balaban J connectivity index is 1.24. The van der Waals surface area contributed by atoms with E-state index in [4.69, 9.17) is 20.9 Å². The van der Waals surface area contributed by atoms with E-state index in [0.717, 1.165) is 40.7 Å². The third-order valence-corrected chi connectivity index (χ3v) is 8.21. The average Bonchev–Trinajstić information content (AvgIpc) is 3.67. The van der Waals surface area contributed by atoms with Crippen LogP contribution in [0.2, 0.25) is 5.02 Å². The van der Waals surface area contributed by atoms with Gasteiger partial charge in [-0.1, -0.05) is 65.3 Å². The van der Waals surface area contributed by atoms with Gasteiger partial charge in [-0.25, -0.2) is 4.79 Å². The number of amides is 1. The lowest BCUT2D eigenvalue weighted by atomic mass is 9.82. The van der Waals surface area contributed by atoms with Crippen LogP contribution in [0.25, 0.3) is 22.4 Å². The highest BCUT2D eigenvalue weighted by Gasteiger charge is 2.51. The molecule has 1 atom stereocenters. The first kappa shape index (κ1) is 25.2. The van der Waals surface area contributed by atoms with Gasteiger partial charge < -0.3 is 14.4 Å². The minimum atomic E-state index is -0.738. The zero-order valence-corrected chi connectivity index (χ0v) is 22.3. The van der Waals surface area contributed by atoms with Crippen LogP contribution in [0.15, 0.2) is 65.2 Å². The molecular formula is C31H27ClN2O5. The highest BCUT2D eigenvalue weighted by molar-refractivity contribution is 6.31. The first-order valence-electron chi connectivity index (χ1n) is 13.0. The Morgan fingerprint density at radius 3 is 2.44 bits per heavy atom. The highest BCUT2D eigenvalue weighted by atomic mass is 35.5. The molecule has 1 fully saturated rings. The zero-order chi connectivity index (χ0) is 27.3. The summed E-state index contributed by atoms with van der Waals surface area (Å²) in [6.07, 6.45) is 1.85. The molecule has 0 spiro atoms. The van der Waals surface area contributed by atoms with Crippen LogP contribution in [-0.4, -0.2) is 22.3 Å². The lowest BCUT2D eigenvalue weighted by molar-refractivity contribution is -0.140. The number of nitrogens with zero attached hydrogens (tertiary/aromatic N) is 1. The second kappa shape index (κ2) is 9.58. The molecule has 0 aliphatic heterocycles. The Bertz CT molecular complexity index is 1620. The fourth-order valence-corrected chi connectivity index (χ4v) is 5.76. The lowest BCUT2D eigenvalue weighted by Gasteiger charge is -2.22. The first-order chi connectivity index (χ1) is 18.8. The molecule has 198 valence electrons. The van der Waals surface area contributed by atoms with Crippen LogP contribution in [0.1, 0.15) is 53.9 Å². The van der Waals surface area contributed by atoms with Crippen LogP contribution < -0.4 is 5.32 Å². The Morgan fingerprint density at radius 1 is 1.05 bits per heavy atom. The summed E-state index contributed by atoms with van der Waals surface area (Å²) in [5, 5.41) is 17.2. The molecule has 1 aromatic heterocycles. The van der Waals surface area contributed by atoms with Crippen molar-refractivity contribution in [1.29, 1.82) is 0 Å². The number of aromatic nitrogens is 1. The van der Waals surface area contributed by atoms with Gasteiger partial charge in [0.05, 0.1) is 5.41 Å². The summed E-state index contributed by atoms with van der Waals surface area (Å²) in [7, 11) is 0.